The SMILES string of the molecule is COc1ccc(Sc2c(Sc3ccc(OC)cc3)c(=O)c2=O)cc1. The molecule has 0 unspecified atom stereocenters. The third-order valence-electron chi connectivity index (χ3n) is 3.38. The highest BCUT2D eigenvalue weighted by Gasteiger charge is 2.22. The van der Waals surface area contributed by atoms with Gasteiger partial charge in [0.1, 0.15) is 11.5 Å². The fourth-order valence-corrected chi connectivity index (χ4v) is 4.07. The van der Waals surface area contributed by atoms with Gasteiger partial charge in [-0.2, -0.15) is 0 Å². The molecule has 0 spiro atoms. The lowest BCUT2D eigenvalue weighted by molar-refractivity contribution is 0.414. The molecule has 6 heteroatoms. The predicted molar refractivity (Wildman–Crippen MR) is 95.6 cm³/mol. The Morgan fingerprint density at radius 2 is 0.958 bits per heavy atom. The molecule has 0 fully saturated rings. The summed E-state index contributed by atoms with van der Waals surface area (Å²) in [5.74, 6) is 1.49. The van der Waals surface area contributed by atoms with E-state index in [-0.39, 0.29) is 0 Å². The van der Waals surface area contributed by atoms with Crippen molar-refractivity contribution >= 4 is 23.5 Å². The van der Waals surface area contributed by atoms with Crippen LogP contribution in [-0.2, 0) is 0 Å². The second kappa shape index (κ2) is 7.15. The first-order chi connectivity index (χ1) is 11.6. The van der Waals surface area contributed by atoms with Crippen molar-refractivity contribution in [2.24, 2.45) is 0 Å². The van der Waals surface area contributed by atoms with Gasteiger partial charge in [0.15, 0.2) is 0 Å². The molecule has 0 aliphatic carbocycles. The molecule has 0 aliphatic rings. The number of methoxy groups -OCH3 is 2. The van der Waals surface area contributed by atoms with Crippen LogP contribution in [0.25, 0.3) is 0 Å². The van der Waals surface area contributed by atoms with E-state index in [4.69, 9.17) is 9.47 Å². The lowest BCUT2D eigenvalue weighted by atomic mass is 10.3. The second-order valence-corrected chi connectivity index (χ2v) is 7.04. The fourth-order valence-electron chi connectivity index (χ4n) is 2.06. The van der Waals surface area contributed by atoms with E-state index < -0.39 is 10.9 Å². The third kappa shape index (κ3) is 3.34. The first kappa shape index (κ1) is 16.7. The van der Waals surface area contributed by atoms with Crippen molar-refractivity contribution in [1.82, 2.24) is 0 Å². The molecule has 0 amide bonds. The van der Waals surface area contributed by atoms with Crippen LogP contribution in [0, 0.1) is 0 Å². The molecule has 0 atom stereocenters. The molecule has 0 N–H and O–H groups in total. The summed E-state index contributed by atoms with van der Waals surface area (Å²) in [6.45, 7) is 0. The highest BCUT2D eigenvalue weighted by molar-refractivity contribution is 8.02. The number of ether oxygens (including phenoxy) is 2. The van der Waals surface area contributed by atoms with Crippen molar-refractivity contribution in [1.29, 1.82) is 0 Å². The summed E-state index contributed by atoms with van der Waals surface area (Å²) in [6.07, 6.45) is 0. The van der Waals surface area contributed by atoms with Crippen molar-refractivity contribution in [2.45, 2.75) is 19.6 Å². The van der Waals surface area contributed by atoms with Crippen LogP contribution in [0.15, 0.2) is 77.7 Å². The van der Waals surface area contributed by atoms with Crippen molar-refractivity contribution < 1.29 is 9.47 Å². The van der Waals surface area contributed by atoms with Crippen LogP contribution in [0.5, 0.6) is 11.5 Å². The monoisotopic (exact) mass is 358 g/mol. The van der Waals surface area contributed by atoms with Gasteiger partial charge in [-0.05, 0) is 48.5 Å². The van der Waals surface area contributed by atoms with Crippen molar-refractivity contribution in [3.8, 4) is 11.5 Å². The van der Waals surface area contributed by atoms with Crippen LogP contribution in [0.3, 0.4) is 0 Å². The van der Waals surface area contributed by atoms with E-state index >= 15 is 0 Å². The molecule has 4 nitrogen and oxygen atoms in total. The van der Waals surface area contributed by atoms with Gasteiger partial charge in [0.05, 0.1) is 24.0 Å². The molecule has 122 valence electrons. The van der Waals surface area contributed by atoms with E-state index in [1.165, 1.54) is 23.5 Å². The molecular weight excluding hydrogens is 344 g/mol. The van der Waals surface area contributed by atoms with Gasteiger partial charge in [-0.1, -0.05) is 23.5 Å². The van der Waals surface area contributed by atoms with Crippen molar-refractivity contribution in [3.63, 3.8) is 0 Å². The Kier molecular flexibility index (Phi) is 4.97. The molecule has 0 heterocycles. The maximum absolute atomic E-state index is 11.9. The molecule has 0 bridgehead atoms. The Hall–Kier alpha value is -2.18. The average molecular weight is 358 g/mol. The highest BCUT2D eigenvalue weighted by atomic mass is 32.2. The van der Waals surface area contributed by atoms with E-state index in [1.54, 1.807) is 14.2 Å². The number of hydrogen-bond acceptors (Lipinski definition) is 6. The van der Waals surface area contributed by atoms with Crippen LogP contribution < -0.4 is 20.3 Å². The summed E-state index contributed by atoms with van der Waals surface area (Å²) >= 11 is 2.61. The number of rotatable bonds is 6. The van der Waals surface area contributed by atoms with Gasteiger partial charge in [0.2, 0.25) is 10.9 Å². The Labute approximate surface area is 147 Å². The largest absolute Gasteiger partial charge is 0.497 e. The first-order valence-corrected chi connectivity index (χ1v) is 8.73. The van der Waals surface area contributed by atoms with Gasteiger partial charge >= 0.3 is 0 Å². The van der Waals surface area contributed by atoms with Crippen LogP contribution >= 0.6 is 23.5 Å². The van der Waals surface area contributed by atoms with Gasteiger partial charge in [0, 0.05) is 9.79 Å². The van der Waals surface area contributed by atoms with E-state index in [9.17, 15) is 9.59 Å². The lowest BCUT2D eigenvalue weighted by Crippen LogP contribution is -2.34. The van der Waals surface area contributed by atoms with E-state index in [0.717, 1.165) is 21.3 Å². The molecule has 3 aromatic carbocycles. The Bertz CT molecular complexity index is 831. The van der Waals surface area contributed by atoms with Gasteiger partial charge in [-0.25, -0.2) is 0 Å². The Morgan fingerprint density at radius 3 is 1.25 bits per heavy atom. The maximum atomic E-state index is 11.9. The van der Waals surface area contributed by atoms with E-state index in [1.807, 2.05) is 48.5 Å². The van der Waals surface area contributed by atoms with Gasteiger partial charge in [0.25, 0.3) is 0 Å². The summed E-state index contributed by atoms with van der Waals surface area (Å²) in [4.78, 5) is 26.6. The Morgan fingerprint density at radius 1 is 0.625 bits per heavy atom. The van der Waals surface area contributed by atoms with Crippen LogP contribution in [0.4, 0.5) is 0 Å². The van der Waals surface area contributed by atoms with Crippen LogP contribution in [-0.4, -0.2) is 14.2 Å². The molecule has 24 heavy (non-hydrogen) atoms. The molecule has 0 aliphatic heterocycles. The lowest BCUT2D eigenvalue weighted by Gasteiger charge is -2.10. The fraction of sp³-hybridized carbons (Fsp3) is 0.111. The third-order valence-corrected chi connectivity index (χ3v) is 5.72. The maximum Gasteiger partial charge on any atom is 0.242 e. The summed E-state index contributed by atoms with van der Waals surface area (Å²) in [6, 6.07) is 14.7. The van der Waals surface area contributed by atoms with Gasteiger partial charge in [-0.15, -0.1) is 0 Å². The summed E-state index contributed by atoms with van der Waals surface area (Å²) in [7, 11) is 3.20. The standard InChI is InChI=1S/C18H14O4S2/c1-21-11-3-7-13(8-4-11)23-17-15(19)16(20)18(17)24-14-9-5-12(22-2)6-10-14/h3-10H,1-2H3. The second-order valence-electron chi connectivity index (χ2n) is 4.87. The average Bonchev–Trinajstić information content (AvgIpc) is 2.65. The highest BCUT2D eigenvalue weighted by Crippen LogP contribution is 2.36. The predicted octanol–water partition coefficient (Wildman–Crippen LogP) is 3.60. The number of benzene rings is 2. The van der Waals surface area contributed by atoms with Crippen molar-refractivity contribution in [3.05, 3.63) is 69.0 Å². The number of hydrogen-bond donors (Lipinski definition) is 0. The molecule has 3 aromatic rings. The molecular formula is C18H14O4S2. The Balaban J connectivity index is 1.80. The summed E-state index contributed by atoms with van der Waals surface area (Å²) in [5.41, 5.74) is -0.848. The minimum atomic E-state index is -0.424. The topological polar surface area (TPSA) is 52.6 Å². The van der Waals surface area contributed by atoms with Gasteiger partial charge < -0.3 is 9.47 Å². The zero-order valence-corrected chi connectivity index (χ0v) is 14.7. The zero-order chi connectivity index (χ0) is 17.1. The minimum absolute atomic E-state index is 0.424. The van der Waals surface area contributed by atoms with E-state index in [0.29, 0.717) is 9.79 Å². The van der Waals surface area contributed by atoms with Crippen LogP contribution in [0.2, 0.25) is 0 Å². The van der Waals surface area contributed by atoms with Crippen LogP contribution in [0.1, 0.15) is 0 Å². The summed E-state index contributed by atoms with van der Waals surface area (Å²) < 4.78 is 10.2. The normalized spacial score (nSPS) is 10.8. The molecule has 0 saturated carbocycles. The van der Waals surface area contributed by atoms with Gasteiger partial charge in [-0.3, -0.25) is 9.59 Å². The quantitative estimate of drug-likeness (QED) is 0.628. The summed E-state index contributed by atoms with van der Waals surface area (Å²) in [5, 5.41) is 0. The van der Waals surface area contributed by atoms with E-state index in [2.05, 4.69) is 0 Å². The molecule has 3 rings (SSSR count). The molecule has 0 aromatic heterocycles. The first-order valence-electron chi connectivity index (χ1n) is 7.09. The molecule has 0 saturated heterocycles. The minimum Gasteiger partial charge on any atom is -0.497 e. The zero-order valence-electron chi connectivity index (χ0n) is 13.1. The van der Waals surface area contributed by atoms with Crippen molar-refractivity contribution in [2.75, 3.05) is 14.2 Å². The smallest absolute Gasteiger partial charge is 0.242 e. The molecule has 0 radical (unpaired) electrons.